The molecular formula is C8H16N2O3S. The molecule has 2 saturated heterocycles. The average Bonchev–Trinajstić information content (AvgIpc) is 2.70. The molecule has 0 amide bonds. The van der Waals surface area contributed by atoms with Crippen LogP contribution in [0.4, 0.5) is 0 Å². The zero-order chi connectivity index (χ0) is 10.2. The van der Waals surface area contributed by atoms with Gasteiger partial charge in [-0.1, -0.05) is 0 Å². The predicted molar refractivity (Wildman–Crippen MR) is 52.3 cm³/mol. The van der Waals surface area contributed by atoms with Crippen LogP contribution in [-0.2, 0) is 14.7 Å². The van der Waals surface area contributed by atoms with Gasteiger partial charge in [-0.15, -0.1) is 0 Å². The van der Waals surface area contributed by atoms with Crippen LogP contribution in [0, 0.1) is 0 Å². The lowest BCUT2D eigenvalue weighted by Gasteiger charge is -2.21. The molecule has 0 saturated carbocycles. The van der Waals surface area contributed by atoms with Gasteiger partial charge in [-0.05, 0) is 12.8 Å². The number of hydrogen-bond donors (Lipinski definition) is 1. The minimum atomic E-state index is -2.77. The summed E-state index contributed by atoms with van der Waals surface area (Å²) in [5.74, 6) is 5.75. The largest absolute Gasteiger partial charge is 0.300 e. The second-order valence-electron chi connectivity index (χ2n) is 4.10. The van der Waals surface area contributed by atoms with E-state index < -0.39 is 9.84 Å². The van der Waals surface area contributed by atoms with Gasteiger partial charge in [-0.2, -0.15) is 0 Å². The molecule has 2 heterocycles. The zero-order valence-electron chi connectivity index (χ0n) is 8.05. The summed E-state index contributed by atoms with van der Waals surface area (Å²) >= 11 is 0. The van der Waals surface area contributed by atoms with Crippen LogP contribution in [0.5, 0.6) is 0 Å². The molecule has 2 N–H and O–H groups in total. The number of nitrogens with two attached hydrogens (primary N) is 1. The Bertz CT molecular complexity index is 304. The second kappa shape index (κ2) is 3.77. The van der Waals surface area contributed by atoms with E-state index in [1.54, 1.807) is 0 Å². The molecule has 14 heavy (non-hydrogen) atoms. The van der Waals surface area contributed by atoms with Crippen molar-refractivity contribution in [3.63, 3.8) is 0 Å². The third kappa shape index (κ3) is 2.08. The smallest absolute Gasteiger partial charge is 0.151 e. The fourth-order valence-electron chi connectivity index (χ4n) is 2.26. The van der Waals surface area contributed by atoms with Gasteiger partial charge in [0.15, 0.2) is 9.84 Å². The lowest BCUT2D eigenvalue weighted by Crippen LogP contribution is -2.35. The standard InChI is InChI=1S/C8H16N2O3S/c9-13-8-1-3-10(5-8)7-2-4-14(11,12)6-7/h7-8H,1-6,9H2. The van der Waals surface area contributed by atoms with Crippen molar-refractivity contribution in [2.24, 2.45) is 5.90 Å². The van der Waals surface area contributed by atoms with Gasteiger partial charge in [-0.3, -0.25) is 9.74 Å². The van der Waals surface area contributed by atoms with Crippen LogP contribution in [0.15, 0.2) is 0 Å². The van der Waals surface area contributed by atoms with Crippen LogP contribution in [-0.4, -0.2) is 50.1 Å². The highest BCUT2D eigenvalue weighted by atomic mass is 32.2. The second-order valence-corrected chi connectivity index (χ2v) is 6.33. The van der Waals surface area contributed by atoms with Crippen LogP contribution >= 0.6 is 0 Å². The first-order chi connectivity index (χ1) is 6.61. The molecule has 82 valence electrons. The van der Waals surface area contributed by atoms with E-state index in [0.29, 0.717) is 11.5 Å². The van der Waals surface area contributed by atoms with Crippen LogP contribution in [0.2, 0.25) is 0 Å². The summed E-state index contributed by atoms with van der Waals surface area (Å²) in [4.78, 5) is 6.94. The monoisotopic (exact) mass is 220 g/mol. The number of sulfone groups is 1. The molecule has 0 aromatic carbocycles. The fraction of sp³-hybridized carbons (Fsp3) is 1.00. The van der Waals surface area contributed by atoms with Crippen molar-refractivity contribution in [1.82, 2.24) is 4.90 Å². The van der Waals surface area contributed by atoms with E-state index in [9.17, 15) is 8.42 Å². The molecule has 5 nitrogen and oxygen atoms in total. The normalized spacial score (nSPS) is 37.8. The Morgan fingerprint density at radius 2 is 2.14 bits per heavy atom. The topological polar surface area (TPSA) is 72.6 Å². The van der Waals surface area contributed by atoms with Crippen molar-refractivity contribution in [3.05, 3.63) is 0 Å². The van der Waals surface area contributed by atoms with Gasteiger partial charge in [-0.25, -0.2) is 14.3 Å². The first kappa shape index (κ1) is 10.4. The van der Waals surface area contributed by atoms with Gasteiger partial charge in [0.1, 0.15) is 0 Å². The van der Waals surface area contributed by atoms with Crippen LogP contribution < -0.4 is 5.90 Å². The number of hydrogen-bond acceptors (Lipinski definition) is 5. The van der Waals surface area contributed by atoms with E-state index in [4.69, 9.17) is 10.7 Å². The molecule has 2 rings (SSSR count). The lowest BCUT2D eigenvalue weighted by molar-refractivity contribution is 0.0564. The molecule has 2 atom stereocenters. The fourth-order valence-corrected chi connectivity index (χ4v) is 4.02. The van der Waals surface area contributed by atoms with Crippen molar-refractivity contribution in [3.8, 4) is 0 Å². The lowest BCUT2D eigenvalue weighted by atomic mass is 10.2. The summed E-state index contributed by atoms with van der Waals surface area (Å²) in [7, 11) is -2.77. The Balaban J connectivity index is 1.92. The Hall–Kier alpha value is -0.170. The van der Waals surface area contributed by atoms with E-state index >= 15 is 0 Å². The number of likely N-dealkylation sites (tertiary alicyclic amines) is 1. The Morgan fingerprint density at radius 3 is 2.64 bits per heavy atom. The third-order valence-corrected chi connectivity index (χ3v) is 4.84. The minimum Gasteiger partial charge on any atom is -0.300 e. The first-order valence-electron chi connectivity index (χ1n) is 4.91. The van der Waals surface area contributed by atoms with E-state index in [1.807, 2.05) is 0 Å². The van der Waals surface area contributed by atoms with Crippen molar-refractivity contribution >= 4 is 9.84 Å². The van der Waals surface area contributed by atoms with Gasteiger partial charge in [0.25, 0.3) is 0 Å². The average molecular weight is 220 g/mol. The molecular weight excluding hydrogens is 204 g/mol. The van der Waals surface area contributed by atoms with E-state index in [0.717, 1.165) is 25.9 Å². The van der Waals surface area contributed by atoms with E-state index in [1.165, 1.54) is 0 Å². The molecule has 0 radical (unpaired) electrons. The highest BCUT2D eigenvalue weighted by Crippen LogP contribution is 2.22. The molecule has 2 fully saturated rings. The molecule has 2 aliphatic rings. The van der Waals surface area contributed by atoms with Gasteiger partial charge in [0.2, 0.25) is 0 Å². The molecule has 0 aromatic heterocycles. The van der Waals surface area contributed by atoms with Gasteiger partial charge < -0.3 is 0 Å². The molecule has 6 heteroatoms. The summed E-state index contributed by atoms with van der Waals surface area (Å²) in [5.41, 5.74) is 0. The maximum atomic E-state index is 11.3. The van der Waals surface area contributed by atoms with E-state index in [2.05, 4.69) is 4.90 Å². The summed E-state index contributed by atoms with van der Waals surface area (Å²) < 4.78 is 22.5. The highest BCUT2D eigenvalue weighted by molar-refractivity contribution is 7.91. The number of rotatable bonds is 2. The molecule has 0 bridgehead atoms. The minimum absolute atomic E-state index is 0.0818. The predicted octanol–water partition coefficient (Wildman–Crippen LogP) is -0.862. The first-order valence-corrected chi connectivity index (χ1v) is 6.73. The summed E-state index contributed by atoms with van der Waals surface area (Å²) in [6.45, 7) is 1.68. The van der Waals surface area contributed by atoms with Crippen molar-refractivity contribution in [1.29, 1.82) is 0 Å². The Morgan fingerprint density at radius 1 is 1.36 bits per heavy atom. The summed E-state index contributed by atoms with van der Waals surface area (Å²) in [6, 6.07) is 0.195. The molecule has 0 spiro atoms. The molecule has 2 unspecified atom stereocenters. The molecule has 0 aromatic rings. The Kier molecular flexibility index (Phi) is 2.79. The van der Waals surface area contributed by atoms with Gasteiger partial charge in [0.05, 0.1) is 17.6 Å². The third-order valence-electron chi connectivity index (χ3n) is 3.09. The van der Waals surface area contributed by atoms with Crippen molar-refractivity contribution in [2.75, 3.05) is 24.6 Å². The van der Waals surface area contributed by atoms with Crippen molar-refractivity contribution in [2.45, 2.75) is 25.0 Å². The Labute approximate surface area is 84.1 Å². The highest BCUT2D eigenvalue weighted by Gasteiger charge is 2.35. The SMILES string of the molecule is NOC1CCN(C2CCS(=O)(=O)C2)C1. The quantitative estimate of drug-likeness (QED) is 0.613. The molecule has 0 aliphatic carbocycles. The summed E-state index contributed by atoms with van der Waals surface area (Å²) in [5, 5.41) is 0. The summed E-state index contributed by atoms with van der Waals surface area (Å²) in [6.07, 6.45) is 1.76. The maximum Gasteiger partial charge on any atom is 0.151 e. The van der Waals surface area contributed by atoms with E-state index in [-0.39, 0.29) is 12.1 Å². The van der Waals surface area contributed by atoms with Crippen molar-refractivity contribution < 1.29 is 13.3 Å². The van der Waals surface area contributed by atoms with Gasteiger partial charge >= 0.3 is 0 Å². The maximum absolute atomic E-state index is 11.3. The zero-order valence-corrected chi connectivity index (χ0v) is 8.87. The van der Waals surface area contributed by atoms with Crippen LogP contribution in [0.3, 0.4) is 0 Å². The van der Waals surface area contributed by atoms with Gasteiger partial charge in [0, 0.05) is 19.1 Å². The number of nitrogens with zero attached hydrogens (tertiary/aromatic N) is 1. The van der Waals surface area contributed by atoms with Crippen LogP contribution in [0.25, 0.3) is 0 Å². The van der Waals surface area contributed by atoms with Crippen LogP contribution in [0.1, 0.15) is 12.8 Å². The molecule has 2 aliphatic heterocycles.